The highest BCUT2D eigenvalue weighted by Crippen LogP contribution is 2.35. The van der Waals surface area contributed by atoms with Crippen molar-refractivity contribution >= 4 is 5.91 Å². The Kier molecular flexibility index (Phi) is 4.83. The second-order valence-corrected chi connectivity index (χ2v) is 8.64. The highest BCUT2D eigenvalue weighted by Gasteiger charge is 2.38. The average molecular weight is 341 g/mol. The lowest BCUT2D eigenvalue weighted by atomic mass is 9.95. The van der Waals surface area contributed by atoms with Gasteiger partial charge in [-0.3, -0.25) is 9.69 Å². The molecule has 1 aromatic carbocycles. The van der Waals surface area contributed by atoms with Crippen molar-refractivity contribution in [3.8, 4) is 0 Å². The zero-order valence-electron chi connectivity index (χ0n) is 15.7. The minimum absolute atomic E-state index is 0.224. The van der Waals surface area contributed by atoms with Crippen LogP contribution in [-0.4, -0.2) is 66.9 Å². The molecule has 2 bridgehead atoms. The minimum Gasteiger partial charge on any atom is -0.337 e. The van der Waals surface area contributed by atoms with Crippen LogP contribution in [0.25, 0.3) is 0 Å². The van der Waals surface area contributed by atoms with Crippen LogP contribution in [-0.2, 0) is 6.54 Å². The van der Waals surface area contributed by atoms with Gasteiger partial charge in [-0.2, -0.15) is 0 Å². The van der Waals surface area contributed by atoms with E-state index in [-0.39, 0.29) is 5.91 Å². The van der Waals surface area contributed by atoms with Crippen LogP contribution in [0.15, 0.2) is 24.3 Å². The molecule has 4 heteroatoms. The molecule has 3 saturated heterocycles. The van der Waals surface area contributed by atoms with Crippen LogP contribution in [0.5, 0.6) is 0 Å². The second kappa shape index (κ2) is 7.08. The average Bonchev–Trinajstić information content (AvgIpc) is 3.42. The molecular formula is C21H31N3O. The molecule has 1 saturated carbocycles. The summed E-state index contributed by atoms with van der Waals surface area (Å²) in [6.07, 6.45) is 5.38. The Balaban J connectivity index is 1.43. The maximum atomic E-state index is 13.0. The Morgan fingerprint density at radius 2 is 1.80 bits per heavy atom. The van der Waals surface area contributed by atoms with E-state index < -0.39 is 0 Å². The monoisotopic (exact) mass is 341 g/mol. The molecule has 1 amide bonds. The van der Waals surface area contributed by atoms with Crippen LogP contribution in [0.1, 0.15) is 41.6 Å². The van der Waals surface area contributed by atoms with Crippen molar-refractivity contribution in [2.45, 2.75) is 38.3 Å². The Labute approximate surface area is 151 Å². The molecule has 4 nitrogen and oxygen atoms in total. The second-order valence-electron chi connectivity index (χ2n) is 8.64. The van der Waals surface area contributed by atoms with Gasteiger partial charge >= 0.3 is 0 Å². The smallest absolute Gasteiger partial charge is 0.253 e. The van der Waals surface area contributed by atoms with E-state index in [2.05, 4.69) is 40.9 Å². The first-order chi connectivity index (χ1) is 12.1. The Bertz CT molecular complexity index is 608. The molecule has 0 unspecified atom stereocenters. The van der Waals surface area contributed by atoms with Crippen molar-refractivity contribution in [1.29, 1.82) is 0 Å². The summed E-state index contributed by atoms with van der Waals surface area (Å²) < 4.78 is 0. The van der Waals surface area contributed by atoms with Gasteiger partial charge in [0.1, 0.15) is 0 Å². The lowest BCUT2D eigenvalue weighted by molar-refractivity contribution is 0.0736. The van der Waals surface area contributed by atoms with Crippen molar-refractivity contribution in [3.63, 3.8) is 0 Å². The third-order valence-electron chi connectivity index (χ3n) is 6.00. The molecule has 3 aliphatic heterocycles. The zero-order valence-corrected chi connectivity index (χ0v) is 15.7. The molecule has 4 fully saturated rings. The van der Waals surface area contributed by atoms with Crippen molar-refractivity contribution in [2.75, 3.05) is 40.3 Å². The fourth-order valence-corrected chi connectivity index (χ4v) is 4.50. The third-order valence-corrected chi connectivity index (χ3v) is 6.00. The van der Waals surface area contributed by atoms with Crippen LogP contribution in [0.4, 0.5) is 0 Å². The molecule has 136 valence electrons. The standard InChI is InChI=1S/C21H31N3O/c1-22(2)11-16-5-8-19(9-6-16)21(25)24-14-18-7-10-20(15-24)23(13-18)12-17-3-4-17/h5-6,8-9,17-18,20H,3-4,7,10-15H2,1-2H3/t18-,20-/m0/s1. The Morgan fingerprint density at radius 1 is 1.04 bits per heavy atom. The van der Waals surface area contributed by atoms with E-state index in [4.69, 9.17) is 0 Å². The van der Waals surface area contributed by atoms with Gasteiger partial charge in [-0.05, 0) is 69.3 Å². The molecular weight excluding hydrogens is 310 g/mol. The summed E-state index contributed by atoms with van der Waals surface area (Å²) in [6.45, 7) is 5.24. The van der Waals surface area contributed by atoms with E-state index in [0.29, 0.717) is 12.0 Å². The van der Waals surface area contributed by atoms with Crippen LogP contribution >= 0.6 is 0 Å². The van der Waals surface area contributed by atoms with Gasteiger partial charge < -0.3 is 9.80 Å². The first-order valence-corrected chi connectivity index (χ1v) is 9.85. The number of carbonyl (C=O) groups excluding carboxylic acids is 1. The lowest BCUT2D eigenvalue weighted by Gasteiger charge is -2.36. The molecule has 25 heavy (non-hydrogen) atoms. The van der Waals surface area contributed by atoms with Crippen LogP contribution in [0.2, 0.25) is 0 Å². The fourth-order valence-electron chi connectivity index (χ4n) is 4.50. The summed E-state index contributed by atoms with van der Waals surface area (Å²) in [5.41, 5.74) is 2.10. The summed E-state index contributed by atoms with van der Waals surface area (Å²) >= 11 is 0. The van der Waals surface area contributed by atoms with Crippen molar-refractivity contribution < 1.29 is 4.79 Å². The maximum absolute atomic E-state index is 13.0. The number of benzene rings is 1. The van der Waals surface area contributed by atoms with Crippen molar-refractivity contribution in [2.24, 2.45) is 11.8 Å². The number of piperidine rings is 1. The summed E-state index contributed by atoms with van der Waals surface area (Å²) in [7, 11) is 4.14. The van der Waals surface area contributed by atoms with Gasteiger partial charge in [-0.1, -0.05) is 12.1 Å². The third kappa shape index (κ3) is 4.06. The molecule has 0 radical (unpaired) electrons. The molecule has 1 aliphatic carbocycles. The van der Waals surface area contributed by atoms with Crippen molar-refractivity contribution in [3.05, 3.63) is 35.4 Å². The van der Waals surface area contributed by atoms with Gasteiger partial charge in [0.15, 0.2) is 0 Å². The number of nitrogens with zero attached hydrogens (tertiary/aromatic N) is 3. The highest BCUT2D eigenvalue weighted by atomic mass is 16.2. The van der Waals surface area contributed by atoms with E-state index in [1.54, 1.807) is 0 Å². The van der Waals surface area contributed by atoms with Crippen LogP contribution in [0, 0.1) is 11.8 Å². The van der Waals surface area contributed by atoms with Gasteiger partial charge in [0.2, 0.25) is 0 Å². The summed E-state index contributed by atoms with van der Waals surface area (Å²) in [6, 6.07) is 8.79. The number of carbonyl (C=O) groups is 1. The lowest BCUT2D eigenvalue weighted by Crippen LogP contribution is -2.45. The van der Waals surface area contributed by atoms with E-state index in [1.165, 1.54) is 44.3 Å². The number of rotatable bonds is 5. The number of amides is 1. The number of hydrogen-bond acceptors (Lipinski definition) is 3. The predicted molar refractivity (Wildman–Crippen MR) is 101 cm³/mol. The molecule has 3 heterocycles. The molecule has 1 aromatic rings. The van der Waals surface area contributed by atoms with E-state index in [0.717, 1.165) is 31.1 Å². The Hall–Kier alpha value is -1.39. The quantitative estimate of drug-likeness (QED) is 0.824. The highest BCUT2D eigenvalue weighted by molar-refractivity contribution is 5.94. The van der Waals surface area contributed by atoms with Gasteiger partial charge in [0.05, 0.1) is 0 Å². The Morgan fingerprint density at radius 3 is 2.48 bits per heavy atom. The zero-order chi connectivity index (χ0) is 17.4. The molecule has 4 aliphatic rings. The predicted octanol–water partition coefficient (Wildman–Crippen LogP) is 2.69. The normalized spacial score (nSPS) is 26.9. The molecule has 0 N–H and O–H groups in total. The molecule has 5 rings (SSSR count). The molecule has 0 aromatic heterocycles. The first kappa shape index (κ1) is 17.0. The maximum Gasteiger partial charge on any atom is 0.253 e. The van der Waals surface area contributed by atoms with Gasteiger partial charge in [-0.25, -0.2) is 0 Å². The first-order valence-electron chi connectivity index (χ1n) is 9.85. The van der Waals surface area contributed by atoms with Gasteiger partial charge in [-0.15, -0.1) is 0 Å². The minimum atomic E-state index is 0.224. The summed E-state index contributed by atoms with van der Waals surface area (Å²) in [4.78, 5) is 20.0. The topological polar surface area (TPSA) is 26.8 Å². The van der Waals surface area contributed by atoms with Gasteiger partial charge in [0, 0.05) is 44.3 Å². The molecule has 2 atom stereocenters. The van der Waals surface area contributed by atoms with Crippen molar-refractivity contribution in [1.82, 2.24) is 14.7 Å². The summed E-state index contributed by atoms with van der Waals surface area (Å²) in [5, 5.41) is 0. The fraction of sp³-hybridized carbons (Fsp3) is 0.667. The van der Waals surface area contributed by atoms with Gasteiger partial charge in [0.25, 0.3) is 5.91 Å². The SMILES string of the molecule is CN(C)Cc1ccc(C(=O)N2C[C@H]3CC[C@@H](C2)N(CC2CC2)C3)cc1. The van der Waals surface area contributed by atoms with Crippen LogP contribution in [0.3, 0.4) is 0 Å². The van der Waals surface area contributed by atoms with Crippen LogP contribution < -0.4 is 0 Å². The van der Waals surface area contributed by atoms with E-state index >= 15 is 0 Å². The van der Waals surface area contributed by atoms with E-state index in [9.17, 15) is 4.79 Å². The molecule has 0 spiro atoms. The number of hydrogen-bond donors (Lipinski definition) is 0. The number of fused-ring (bicyclic) bond motifs is 4. The van der Waals surface area contributed by atoms with E-state index in [1.807, 2.05) is 12.1 Å². The summed E-state index contributed by atoms with van der Waals surface area (Å²) in [5.74, 6) is 1.82. The largest absolute Gasteiger partial charge is 0.337 e.